The highest BCUT2D eigenvalue weighted by molar-refractivity contribution is 9.13. The minimum atomic E-state index is 0.391. The molecule has 1 aromatic rings. The zero-order valence-corrected chi connectivity index (χ0v) is 13.7. The Morgan fingerprint density at radius 1 is 1.16 bits per heavy atom. The summed E-state index contributed by atoms with van der Waals surface area (Å²) < 4.78 is 8.07. The van der Waals surface area contributed by atoms with E-state index < -0.39 is 0 Å². The van der Waals surface area contributed by atoms with E-state index in [-0.39, 0.29) is 0 Å². The lowest BCUT2D eigenvalue weighted by molar-refractivity contribution is -0.0985. The molecule has 4 fully saturated rings. The molecule has 1 saturated carbocycles. The summed E-state index contributed by atoms with van der Waals surface area (Å²) in [4.78, 5) is 6.92. The van der Waals surface area contributed by atoms with E-state index in [1.165, 1.54) is 32.5 Å². The van der Waals surface area contributed by atoms with Gasteiger partial charge < -0.3 is 9.64 Å². The Morgan fingerprint density at radius 3 is 2.53 bits per heavy atom. The second-order valence-corrected chi connectivity index (χ2v) is 7.71. The molecule has 3 nitrogen and oxygen atoms in total. The van der Waals surface area contributed by atoms with E-state index in [1.807, 2.05) is 12.3 Å². The van der Waals surface area contributed by atoms with E-state index in [0.29, 0.717) is 17.9 Å². The van der Waals surface area contributed by atoms with Gasteiger partial charge in [0.1, 0.15) is 16.5 Å². The first-order valence-corrected chi connectivity index (χ1v) is 8.47. The molecule has 4 aliphatic rings. The minimum Gasteiger partial charge on any atom is -0.488 e. The fourth-order valence-electron chi connectivity index (χ4n) is 4.18. The van der Waals surface area contributed by atoms with Crippen molar-refractivity contribution in [1.29, 1.82) is 0 Å². The molecule has 2 atom stereocenters. The molecule has 4 heterocycles. The van der Waals surface area contributed by atoms with Crippen LogP contribution in [-0.4, -0.2) is 35.6 Å². The summed E-state index contributed by atoms with van der Waals surface area (Å²) in [6.07, 6.45) is 4.91. The summed E-state index contributed by atoms with van der Waals surface area (Å²) in [5.41, 5.74) is 0. The van der Waals surface area contributed by atoms with E-state index in [1.54, 1.807) is 0 Å². The fourth-order valence-corrected chi connectivity index (χ4v) is 4.73. The SMILES string of the molecule is Brc1cc(OC2[C@H]3CC4C[C@H]2CN(C4)C3)cnc1Br. The molecule has 102 valence electrons. The van der Waals surface area contributed by atoms with Crippen LogP contribution >= 0.6 is 31.9 Å². The van der Waals surface area contributed by atoms with Crippen molar-refractivity contribution in [2.75, 3.05) is 19.6 Å². The number of aromatic nitrogens is 1. The minimum absolute atomic E-state index is 0.391. The maximum absolute atomic E-state index is 6.29. The Kier molecular flexibility index (Phi) is 3.12. The number of hydrogen-bond donors (Lipinski definition) is 0. The van der Waals surface area contributed by atoms with Crippen LogP contribution in [0.4, 0.5) is 0 Å². The van der Waals surface area contributed by atoms with Crippen LogP contribution in [0.15, 0.2) is 21.3 Å². The molecule has 19 heavy (non-hydrogen) atoms. The first-order valence-electron chi connectivity index (χ1n) is 6.89. The van der Waals surface area contributed by atoms with Gasteiger partial charge in [0.05, 0.1) is 10.7 Å². The molecule has 0 spiro atoms. The summed E-state index contributed by atoms with van der Waals surface area (Å²) in [7, 11) is 0. The molecule has 3 aliphatic heterocycles. The van der Waals surface area contributed by atoms with Gasteiger partial charge in [0.25, 0.3) is 0 Å². The van der Waals surface area contributed by atoms with Gasteiger partial charge in [-0.2, -0.15) is 0 Å². The van der Waals surface area contributed by atoms with Gasteiger partial charge in [-0.1, -0.05) is 0 Å². The molecule has 0 aromatic carbocycles. The summed E-state index contributed by atoms with van der Waals surface area (Å²) in [6.45, 7) is 3.77. The van der Waals surface area contributed by atoms with Crippen LogP contribution < -0.4 is 4.74 Å². The number of ether oxygens (including phenoxy) is 1. The van der Waals surface area contributed by atoms with Gasteiger partial charge in [0, 0.05) is 31.5 Å². The molecule has 3 saturated heterocycles. The molecule has 5 heteroatoms. The van der Waals surface area contributed by atoms with Gasteiger partial charge in [-0.05, 0) is 56.7 Å². The number of piperidine rings is 3. The third kappa shape index (κ3) is 2.24. The lowest BCUT2D eigenvalue weighted by atomic mass is 9.66. The summed E-state index contributed by atoms with van der Waals surface area (Å²) in [5, 5.41) is 0. The molecule has 0 radical (unpaired) electrons. The summed E-state index contributed by atoms with van der Waals surface area (Å²) in [6, 6.07) is 2.02. The van der Waals surface area contributed by atoms with Crippen LogP contribution in [0.2, 0.25) is 0 Å². The second-order valence-electron chi connectivity index (χ2n) is 6.10. The Labute approximate surface area is 130 Å². The van der Waals surface area contributed by atoms with Crippen molar-refractivity contribution >= 4 is 31.9 Å². The maximum Gasteiger partial charge on any atom is 0.139 e. The van der Waals surface area contributed by atoms with Crippen LogP contribution in [0.3, 0.4) is 0 Å². The number of nitrogens with zero attached hydrogens (tertiary/aromatic N) is 2. The number of pyridine rings is 1. The van der Waals surface area contributed by atoms with Crippen molar-refractivity contribution in [2.45, 2.75) is 18.9 Å². The third-order valence-electron chi connectivity index (χ3n) is 4.75. The van der Waals surface area contributed by atoms with Gasteiger partial charge in [0.2, 0.25) is 0 Å². The molecule has 1 aromatic heterocycles. The third-order valence-corrected chi connectivity index (χ3v) is 6.52. The van der Waals surface area contributed by atoms with Crippen LogP contribution in [0.5, 0.6) is 5.75 Å². The van der Waals surface area contributed by atoms with Crippen LogP contribution in [0, 0.1) is 17.8 Å². The van der Waals surface area contributed by atoms with Gasteiger partial charge >= 0.3 is 0 Å². The molecule has 0 amide bonds. The topological polar surface area (TPSA) is 25.4 Å². The van der Waals surface area contributed by atoms with Gasteiger partial charge in [-0.25, -0.2) is 4.98 Å². The van der Waals surface area contributed by atoms with Crippen molar-refractivity contribution in [3.8, 4) is 5.75 Å². The molecule has 0 unspecified atom stereocenters. The van der Waals surface area contributed by atoms with Crippen molar-refractivity contribution in [3.05, 3.63) is 21.3 Å². The van der Waals surface area contributed by atoms with Crippen LogP contribution in [0.1, 0.15) is 12.8 Å². The quantitative estimate of drug-likeness (QED) is 0.728. The molecule has 0 N–H and O–H groups in total. The highest BCUT2D eigenvalue weighted by Crippen LogP contribution is 2.45. The first kappa shape index (κ1) is 12.6. The standard InChI is InChI=1S/C14H16Br2N2O/c15-12-3-11(4-17-14(12)16)19-13-9-1-8-2-10(13)7-18(5-8)6-9/h3-4,8-10,13H,1-2,5-7H2/t8?,9-,10-,13?/m0/s1. The average Bonchev–Trinajstić information content (AvgIpc) is 2.37. The van der Waals surface area contributed by atoms with Crippen molar-refractivity contribution < 1.29 is 4.74 Å². The van der Waals surface area contributed by atoms with Crippen molar-refractivity contribution in [1.82, 2.24) is 9.88 Å². The van der Waals surface area contributed by atoms with Crippen molar-refractivity contribution in [3.63, 3.8) is 0 Å². The predicted octanol–water partition coefficient (Wildman–Crippen LogP) is 3.33. The smallest absolute Gasteiger partial charge is 0.139 e. The van der Waals surface area contributed by atoms with Gasteiger partial charge in [-0.3, -0.25) is 0 Å². The number of halogens is 2. The fraction of sp³-hybridized carbons (Fsp3) is 0.643. The first-order chi connectivity index (χ1) is 9.19. The predicted molar refractivity (Wildman–Crippen MR) is 80.2 cm³/mol. The Hall–Kier alpha value is -0.130. The lowest BCUT2D eigenvalue weighted by Crippen LogP contribution is -2.61. The summed E-state index contributed by atoms with van der Waals surface area (Å²) in [5.74, 6) is 3.25. The Balaban J connectivity index is 1.55. The highest BCUT2D eigenvalue weighted by atomic mass is 79.9. The van der Waals surface area contributed by atoms with E-state index in [0.717, 1.165) is 20.7 Å². The van der Waals surface area contributed by atoms with Crippen LogP contribution in [0.25, 0.3) is 0 Å². The van der Waals surface area contributed by atoms with Crippen molar-refractivity contribution in [2.24, 2.45) is 17.8 Å². The monoisotopic (exact) mass is 386 g/mol. The Morgan fingerprint density at radius 2 is 1.89 bits per heavy atom. The van der Waals surface area contributed by atoms with E-state index >= 15 is 0 Å². The van der Waals surface area contributed by atoms with Gasteiger partial charge in [-0.15, -0.1) is 0 Å². The second kappa shape index (κ2) is 4.71. The van der Waals surface area contributed by atoms with E-state index in [4.69, 9.17) is 4.74 Å². The molecule has 5 rings (SSSR count). The molecular formula is C14H16Br2N2O. The summed E-state index contributed by atoms with van der Waals surface area (Å²) >= 11 is 6.89. The molecule has 4 bridgehead atoms. The van der Waals surface area contributed by atoms with Gasteiger partial charge in [0.15, 0.2) is 0 Å². The zero-order chi connectivity index (χ0) is 13.0. The number of rotatable bonds is 2. The highest BCUT2D eigenvalue weighted by Gasteiger charge is 2.48. The zero-order valence-electron chi connectivity index (χ0n) is 10.6. The Bertz CT molecular complexity index is 480. The maximum atomic E-state index is 6.29. The number of hydrogen-bond acceptors (Lipinski definition) is 3. The average molecular weight is 388 g/mol. The molecular weight excluding hydrogens is 372 g/mol. The normalized spacial score (nSPS) is 39.6. The van der Waals surface area contributed by atoms with E-state index in [9.17, 15) is 0 Å². The van der Waals surface area contributed by atoms with Crippen LogP contribution in [-0.2, 0) is 0 Å². The molecule has 1 aliphatic carbocycles. The van der Waals surface area contributed by atoms with E-state index in [2.05, 4.69) is 41.7 Å². The largest absolute Gasteiger partial charge is 0.488 e. The lowest BCUT2D eigenvalue weighted by Gasteiger charge is -2.55.